The lowest BCUT2D eigenvalue weighted by molar-refractivity contribution is -0.135. The van der Waals surface area contributed by atoms with Gasteiger partial charge in [0.2, 0.25) is 11.9 Å². The molecule has 3 heterocycles. The van der Waals surface area contributed by atoms with Crippen molar-refractivity contribution < 1.29 is 19.4 Å². The average molecular weight is 496 g/mol. The lowest BCUT2D eigenvalue weighted by atomic mass is 9.98. The van der Waals surface area contributed by atoms with Crippen molar-refractivity contribution in [2.45, 2.75) is 64.6 Å². The van der Waals surface area contributed by atoms with Crippen LogP contribution in [-0.4, -0.2) is 81.7 Å². The molecule has 1 unspecified atom stereocenters. The maximum absolute atomic E-state index is 13.5. The number of carbonyl (C=O) groups excluding carboxylic acids is 2. The van der Waals surface area contributed by atoms with Crippen molar-refractivity contribution in [2.24, 2.45) is 0 Å². The summed E-state index contributed by atoms with van der Waals surface area (Å²) in [5.41, 5.74) is 3.51. The van der Waals surface area contributed by atoms with Crippen LogP contribution in [-0.2, 0) is 9.53 Å². The van der Waals surface area contributed by atoms with Crippen molar-refractivity contribution in [3.8, 4) is 11.3 Å². The second-order valence-corrected chi connectivity index (χ2v) is 10.6. The minimum absolute atomic E-state index is 0.0347. The highest BCUT2D eigenvalue weighted by molar-refractivity contribution is 6.02. The standard InChI is InChI=1S/C27H37N5O4/c1-17-15-28-26(29-19-9-12-36-13-10-19)30-24(17)18-6-7-20-21(14-18)25(35)32(22(20)8-11-33)16-23(34)31(5)27(2,3)4/h6-7,14-15,19,22,33H,8-13,16H2,1-5H3,(H,28,29,30). The molecule has 9 heteroatoms. The molecule has 36 heavy (non-hydrogen) atoms. The highest BCUT2D eigenvalue weighted by Crippen LogP contribution is 2.38. The van der Waals surface area contributed by atoms with Gasteiger partial charge in [0.05, 0.1) is 11.7 Å². The first-order valence-electron chi connectivity index (χ1n) is 12.6. The second-order valence-electron chi connectivity index (χ2n) is 10.6. The number of likely N-dealkylation sites (N-methyl/N-ethyl adjacent to an activating group) is 1. The van der Waals surface area contributed by atoms with Crippen molar-refractivity contribution in [1.29, 1.82) is 0 Å². The van der Waals surface area contributed by atoms with Crippen LogP contribution in [0.5, 0.6) is 0 Å². The maximum atomic E-state index is 13.5. The molecule has 0 saturated carbocycles. The van der Waals surface area contributed by atoms with E-state index >= 15 is 0 Å². The molecule has 2 aliphatic heterocycles. The third-order valence-corrected chi connectivity index (χ3v) is 7.17. The number of aliphatic hydroxyl groups is 1. The Hall–Kier alpha value is -3.04. The Morgan fingerprint density at radius 3 is 2.67 bits per heavy atom. The topological polar surface area (TPSA) is 108 Å². The van der Waals surface area contributed by atoms with Gasteiger partial charge in [-0.2, -0.15) is 0 Å². The summed E-state index contributed by atoms with van der Waals surface area (Å²) in [6.07, 6.45) is 3.98. The Morgan fingerprint density at radius 1 is 1.28 bits per heavy atom. The van der Waals surface area contributed by atoms with Crippen LogP contribution in [0.1, 0.15) is 67.6 Å². The molecule has 1 saturated heterocycles. The number of aryl methyl sites for hydroxylation is 1. The number of nitrogens with one attached hydrogen (secondary N) is 1. The van der Waals surface area contributed by atoms with E-state index in [1.165, 1.54) is 0 Å². The van der Waals surface area contributed by atoms with E-state index in [0.717, 1.165) is 48.4 Å². The summed E-state index contributed by atoms with van der Waals surface area (Å²) in [4.78, 5) is 38.9. The van der Waals surface area contributed by atoms with E-state index in [2.05, 4.69) is 10.3 Å². The largest absolute Gasteiger partial charge is 0.396 e. The first-order valence-corrected chi connectivity index (χ1v) is 12.6. The lowest BCUT2D eigenvalue weighted by Crippen LogP contribution is -2.48. The van der Waals surface area contributed by atoms with Crippen molar-refractivity contribution in [3.63, 3.8) is 0 Å². The first kappa shape index (κ1) is 26.0. The lowest BCUT2D eigenvalue weighted by Gasteiger charge is -2.34. The molecule has 1 aromatic heterocycles. The van der Waals surface area contributed by atoms with Crippen LogP contribution in [0.4, 0.5) is 5.95 Å². The van der Waals surface area contributed by atoms with Gasteiger partial charge in [0, 0.05) is 55.8 Å². The van der Waals surface area contributed by atoms with Gasteiger partial charge in [-0.15, -0.1) is 0 Å². The molecule has 0 bridgehead atoms. The fourth-order valence-corrected chi connectivity index (χ4v) is 4.71. The highest BCUT2D eigenvalue weighted by atomic mass is 16.5. The molecular weight excluding hydrogens is 458 g/mol. The number of nitrogens with zero attached hydrogens (tertiary/aromatic N) is 4. The van der Waals surface area contributed by atoms with Crippen molar-refractivity contribution in [1.82, 2.24) is 19.8 Å². The Bertz CT molecular complexity index is 1120. The van der Waals surface area contributed by atoms with Crippen molar-refractivity contribution in [2.75, 3.05) is 38.7 Å². The molecule has 2 aromatic rings. The fraction of sp³-hybridized carbons (Fsp3) is 0.556. The molecule has 1 aromatic carbocycles. The molecule has 0 aliphatic carbocycles. The Labute approximate surface area is 212 Å². The summed E-state index contributed by atoms with van der Waals surface area (Å²) < 4.78 is 5.43. The average Bonchev–Trinajstić information content (AvgIpc) is 3.10. The van der Waals surface area contributed by atoms with Crippen molar-refractivity contribution >= 4 is 17.8 Å². The molecule has 194 valence electrons. The smallest absolute Gasteiger partial charge is 0.255 e. The fourth-order valence-electron chi connectivity index (χ4n) is 4.71. The Kier molecular flexibility index (Phi) is 7.61. The Morgan fingerprint density at radius 2 is 2.00 bits per heavy atom. The van der Waals surface area contributed by atoms with Gasteiger partial charge in [-0.1, -0.05) is 12.1 Å². The van der Waals surface area contributed by atoms with Gasteiger partial charge < -0.3 is 25.0 Å². The number of ether oxygens (including phenoxy) is 1. The third kappa shape index (κ3) is 5.37. The van der Waals surface area contributed by atoms with E-state index in [-0.39, 0.29) is 42.6 Å². The number of aromatic nitrogens is 2. The van der Waals surface area contributed by atoms with E-state index in [0.29, 0.717) is 17.9 Å². The van der Waals surface area contributed by atoms with Gasteiger partial charge in [-0.05, 0) is 64.2 Å². The summed E-state index contributed by atoms with van der Waals surface area (Å²) in [6.45, 7) is 9.16. The zero-order valence-corrected chi connectivity index (χ0v) is 21.9. The Balaban J connectivity index is 1.61. The number of amides is 2. The number of benzene rings is 1. The number of hydrogen-bond acceptors (Lipinski definition) is 7. The van der Waals surface area contributed by atoms with Crippen LogP contribution >= 0.6 is 0 Å². The number of hydrogen-bond donors (Lipinski definition) is 2. The number of anilines is 1. The molecule has 0 spiro atoms. The van der Waals surface area contributed by atoms with Crippen molar-refractivity contribution in [3.05, 3.63) is 41.1 Å². The molecule has 2 aliphatic rings. The predicted molar refractivity (Wildman–Crippen MR) is 138 cm³/mol. The van der Waals surface area contributed by atoms with E-state index in [9.17, 15) is 14.7 Å². The zero-order valence-electron chi connectivity index (χ0n) is 21.9. The molecule has 4 rings (SSSR count). The van der Waals surface area contributed by atoms with E-state index < -0.39 is 0 Å². The van der Waals surface area contributed by atoms with Crippen LogP contribution in [0.3, 0.4) is 0 Å². The normalized spacial score (nSPS) is 18.3. The van der Waals surface area contributed by atoms with Gasteiger partial charge in [0.15, 0.2) is 0 Å². The van der Waals surface area contributed by atoms with Gasteiger partial charge in [0.25, 0.3) is 5.91 Å². The molecule has 1 fully saturated rings. The monoisotopic (exact) mass is 495 g/mol. The zero-order chi connectivity index (χ0) is 26.0. The molecule has 9 nitrogen and oxygen atoms in total. The predicted octanol–water partition coefficient (Wildman–Crippen LogP) is 3.18. The van der Waals surface area contributed by atoms with Crippen LogP contribution in [0.25, 0.3) is 11.3 Å². The number of carbonyl (C=O) groups is 2. The minimum Gasteiger partial charge on any atom is -0.396 e. The summed E-state index contributed by atoms with van der Waals surface area (Å²) in [7, 11) is 1.75. The number of aliphatic hydroxyl groups excluding tert-OH is 1. The van der Waals surface area contributed by atoms with Gasteiger partial charge in [-0.3, -0.25) is 9.59 Å². The van der Waals surface area contributed by atoms with E-state index in [4.69, 9.17) is 9.72 Å². The van der Waals surface area contributed by atoms with Gasteiger partial charge >= 0.3 is 0 Å². The van der Waals surface area contributed by atoms with Crippen LogP contribution in [0.15, 0.2) is 24.4 Å². The van der Waals surface area contributed by atoms with Crippen LogP contribution < -0.4 is 5.32 Å². The molecule has 2 N–H and O–H groups in total. The van der Waals surface area contributed by atoms with Crippen LogP contribution in [0, 0.1) is 6.92 Å². The summed E-state index contributed by atoms with van der Waals surface area (Å²) in [5, 5.41) is 13.1. The SMILES string of the molecule is Cc1cnc(NC2CCOCC2)nc1-c1ccc2c(c1)C(=O)N(CC(=O)N(C)C(C)(C)C)C2CCO. The molecule has 0 radical (unpaired) electrons. The number of rotatable bonds is 7. The van der Waals surface area contributed by atoms with E-state index in [1.807, 2.05) is 45.9 Å². The molecular formula is C27H37N5O4. The summed E-state index contributed by atoms with van der Waals surface area (Å²) >= 11 is 0. The quantitative estimate of drug-likeness (QED) is 0.607. The maximum Gasteiger partial charge on any atom is 0.255 e. The molecule has 2 amide bonds. The van der Waals surface area contributed by atoms with E-state index in [1.54, 1.807) is 23.0 Å². The third-order valence-electron chi connectivity index (χ3n) is 7.17. The highest BCUT2D eigenvalue weighted by Gasteiger charge is 2.39. The van der Waals surface area contributed by atoms with Gasteiger partial charge in [-0.25, -0.2) is 9.97 Å². The van der Waals surface area contributed by atoms with Crippen LogP contribution in [0.2, 0.25) is 0 Å². The molecule has 1 atom stereocenters. The summed E-state index contributed by atoms with van der Waals surface area (Å²) in [5.74, 6) is 0.223. The summed E-state index contributed by atoms with van der Waals surface area (Å²) in [6, 6.07) is 5.66. The first-order chi connectivity index (χ1) is 17.1. The second kappa shape index (κ2) is 10.5. The minimum atomic E-state index is -0.354. The number of fused-ring (bicyclic) bond motifs is 1. The van der Waals surface area contributed by atoms with Gasteiger partial charge in [0.1, 0.15) is 6.54 Å².